The average Bonchev–Trinajstić information content (AvgIpc) is 2.50. The molecule has 4 heteroatoms. The van der Waals surface area contributed by atoms with Gasteiger partial charge in [-0.1, -0.05) is 0 Å². The summed E-state index contributed by atoms with van der Waals surface area (Å²) in [5.74, 6) is 4.63. The van der Waals surface area contributed by atoms with Crippen LogP contribution in [-0.4, -0.2) is 42.3 Å². The van der Waals surface area contributed by atoms with Gasteiger partial charge in [-0.25, -0.2) is 0 Å². The van der Waals surface area contributed by atoms with E-state index in [1.54, 1.807) is 0 Å². The summed E-state index contributed by atoms with van der Waals surface area (Å²) >= 11 is 4.23. The number of hydrogen-bond donors (Lipinski definition) is 1. The SMILES string of the molecule is C[Si](C)(C)C#C[CH]([Ge])C1NCCS1. The molecule has 1 nitrogen and oxygen atoms in total. The minimum atomic E-state index is -1.17. The first-order chi connectivity index (χ1) is 5.99. The standard InChI is InChI=1S/C9H16GeNSSi/c1-13(2,3)7-4-8(10)9-11-5-6-12-9/h8-9,11H,5-6H2,1-3H3. The molecule has 1 saturated heterocycles. The minimum absolute atomic E-state index is 0.499. The zero-order valence-electron chi connectivity index (χ0n) is 8.48. The number of hydrogen-bond acceptors (Lipinski definition) is 2. The van der Waals surface area contributed by atoms with Gasteiger partial charge in [-0.05, 0) is 0 Å². The van der Waals surface area contributed by atoms with E-state index in [0.717, 1.165) is 6.54 Å². The van der Waals surface area contributed by atoms with Crippen molar-refractivity contribution >= 4 is 36.3 Å². The normalized spacial score (nSPS) is 25.1. The molecule has 0 aliphatic carbocycles. The Morgan fingerprint density at radius 3 is 2.69 bits per heavy atom. The Kier molecular flexibility index (Phi) is 4.43. The van der Waals surface area contributed by atoms with E-state index in [9.17, 15) is 0 Å². The summed E-state index contributed by atoms with van der Waals surface area (Å²) in [7, 11) is -1.17. The topological polar surface area (TPSA) is 12.0 Å². The Morgan fingerprint density at radius 1 is 1.54 bits per heavy atom. The quantitative estimate of drug-likeness (QED) is 0.572. The fourth-order valence-electron chi connectivity index (χ4n) is 1.03. The molecule has 71 valence electrons. The molecule has 1 heterocycles. The van der Waals surface area contributed by atoms with Crippen molar-refractivity contribution in [3.8, 4) is 11.5 Å². The van der Waals surface area contributed by atoms with E-state index < -0.39 is 8.07 Å². The maximum atomic E-state index is 3.47. The molecule has 0 bridgehead atoms. The van der Waals surface area contributed by atoms with Gasteiger partial charge in [0, 0.05) is 0 Å². The Labute approximate surface area is 95.1 Å². The summed E-state index contributed by atoms with van der Waals surface area (Å²) in [6.07, 6.45) is 0. The second-order valence-electron chi connectivity index (χ2n) is 4.24. The van der Waals surface area contributed by atoms with Crippen molar-refractivity contribution in [3.05, 3.63) is 0 Å². The summed E-state index contributed by atoms with van der Waals surface area (Å²) in [5.41, 5.74) is 3.43. The van der Waals surface area contributed by atoms with Crippen LogP contribution < -0.4 is 5.32 Å². The van der Waals surface area contributed by atoms with Gasteiger partial charge in [-0.2, -0.15) is 0 Å². The Bertz CT molecular complexity index is 222. The van der Waals surface area contributed by atoms with Gasteiger partial charge >= 0.3 is 95.2 Å². The van der Waals surface area contributed by atoms with Gasteiger partial charge in [0.25, 0.3) is 0 Å². The van der Waals surface area contributed by atoms with Gasteiger partial charge in [0.15, 0.2) is 0 Å². The fourth-order valence-corrected chi connectivity index (χ4v) is 3.91. The van der Waals surface area contributed by atoms with Crippen LogP contribution in [-0.2, 0) is 0 Å². The molecule has 1 aliphatic heterocycles. The third kappa shape index (κ3) is 4.59. The Morgan fingerprint density at radius 2 is 2.23 bits per heavy atom. The molecule has 2 atom stereocenters. The number of rotatable bonds is 1. The molecule has 1 rings (SSSR count). The zero-order chi connectivity index (χ0) is 9.90. The molecule has 1 aliphatic rings. The van der Waals surface area contributed by atoms with Crippen LogP contribution in [0.4, 0.5) is 0 Å². The van der Waals surface area contributed by atoms with Crippen molar-refractivity contribution in [1.29, 1.82) is 0 Å². The third-order valence-electron chi connectivity index (χ3n) is 1.65. The summed E-state index contributed by atoms with van der Waals surface area (Å²) in [4.78, 5) is 0. The average molecular weight is 271 g/mol. The van der Waals surface area contributed by atoms with Crippen molar-refractivity contribution in [2.24, 2.45) is 0 Å². The summed E-state index contributed by atoms with van der Waals surface area (Å²) in [5, 5.41) is 4.04. The summed E-state index contributed by atoms with van der Waals surface area (Å²) in [6.45, 7) is 8.03. The molecule has 0 amide bonds. The first-order valence-corrected chi connectivity index (χ1v) is 10.3. The molecular formula is C9H16GeNSSi. The van der Waals surface area contributed by atoms with Crippen LogP contribution >= 0.6 is 11.8 Å². The Hall–Kier alpha value is 0.630. The van der Waals surface area contributed by atoms with E-state index in [0.29, 0.717) is 10.1 Å². The van der Waals surface area contributed by atoms with Crippen LogP contribution in [0, 0.1) is 11.5 Å². The van der Waals surface area contributed by atoms with Crippen molar-refractivity contribution in [2.75, 3.05) is 12.3 Å². The second kappa shape index (κ2) is 4.92. The zero-order valence-corrected chi connectivity index (χ0v) is 12.4. The second-order valence-corrected chi connectivity index (χ2v) is 11.5. The van der Waals surface area contributed by atoms with Crippen LogP contribution in [0.15, 0.2) is 0 Å². The third-order valence-corrected chi connectivity index (χ3v) is 5.29. The van der Waals surface area contributed by atoms with Crippen LogP contribution in [0.1, 0.15) is 0 Å². The molecule has 0 aromatic carbocycles. The molecule has 13 heavy (non-hydrogen) atoms. The van der Waals surface area contributed by atoms with E-state index >= 15 is 0 Å². The molecule has 1 fully saturated rings. The van der Waals surface area contributed by atoms with Gasteiger partial charge in [0.1, 0.15) is 0 Å². The van der Waals surface area contributed by atoms with Gasteiger partial charge in [-0.3, -0.25) is 0 Å². The molecule has 1 N–H and O–H groups in total. The van der Waals surface area contributed by atoms with Crippen molar-refractivity contribution in [2.45, 2.75) is 29.8 Å². The first-order valence-electron chi connectivity index (χ1n) is 4.58. The molecular weight excluding hydrogens is 255 g/mol. The van der Waals surface area contributed by atoms with Gasteiger partial charge in [0.2, 0.25) is 0 Å². The van der Waals surface area contributed by atoms with Crippen LogP contribution in [0.5, 0.6) is 0 Å². The van der Waals surface area contributed by atoms with Crippen molar-refractivity contribution in [3.63, 3.8) is 0 Å². The first kappa shape index (κ1) is 11.7. The van der Waals surface area contributed by atoms with E-state index in [1.165, 1.54) is 5.75 Å². The van der Waals surface area contributed by atoms with Gasteiger partial charge in [-0.15, -0.1) is 0 Å². The molecule has 0 spiro atoms. The summed E-state index contributed by atoms with van der Waals surface area (Å²) in [6, 6.07) is 0. The fraction of sp³-hybridized carbons (Fsp3) is 0.778. The van der Waals surface area contributed by atoms with Gasteiger partial charge in [0.05, 0.1) is 0 Å². The van der Waals surface area contributed by atoms with Crippen LogP contribution in [0.2, 0.25) is 24.4 Å². The molecule has 0 aromatic rings. The Balaban J connectivity index is 2.46. The maximum absolute atomic E-state index is 3.47. The molecule has 0 aromatic heterocycles. The van der Waals surface area contributed by atoms with E-state index in [1.807, 2.05) is 11.8 Å². The van der Waals surface area contributed by atoms with Crippen LogP contribution in [0.25, 0.3) is 0 Å². The van der Waals surface area contributed by atoms with E-state index in [-0.39, 0.29) is 0 Å². The van der Waals surface area contributed by atoms with E-state index in [4.69, 9.17) is 0 Å². The molecule has 3 radical (unpaired) electrons. The summed E-state index contributed by atoms with van der Waals surface area (Å²) < 4.78 is 0.499. The van der Waals surface area contributed by atoms with Gasteiger partial charge < -0.3 is 0 Å². The number of nitrogens with one attached hydrogen (secondary N) is 1. The predicted molar refractivity (Wildman–Crippen MR) is 64.9 cm³/mol. The van der Waals surface area contributed by atoms with E-state index in [2.05, 4.69) is 52.9 Å². The number of thioether (sulfide) groups is 1. The van der Waals surface area contributed by atoms with Crippen molar-refractivity contribution < 1.29 is 0 Å². The molecule has 2 unspecified atom stereocenters. The van der Waals surface area contributed by atoms with Crippen LogP contribution in [0.3, 0.4) is 0 Å². The monoisotopic (exact) mass is 272 g/mol. The van der Waals surface area contributed by atoms with Crippen molar-refractivity contribution in [1.82, 2.24) is 5.32 Å². The molecule has 0 saturated carbocycles. The predicted octanol–water partition coefficient (Wildman–Crippen LogP) is 1.49.